The molecule has 0 aromatic heterocycles. The van der Waals surface area contributed by atoms with Crippen molar-refractivity contribution in [3.63, 3.8) is 0 Å². The second kappa shape index (κ2) is 3.66. The summed E-state index contributed by atoms with van der Waals surface area (Å²) in [6.07, 6.45) is 0. The van der Waals surface area contributed by atoms with E-state index in [2.05, 4.69) is 55.4 Å². The van der Waals surface area contributed by atoms with E-state index in [9.17, 15) is 0 Å². The molecule has 0 unspecified atom stereocenters. The van der Waals surface area contributed by atoms with E-state index in [4.69, 9.17) is 0 Å². The minimum Gasteiger partial charge on any atom is -0.0930 e. The summed E-state index contributed by atoms with van der Waals surface area (Å²) < 4.78 is 0. The maximum absolute atomic E-state index is 2.38. The third kappa shape index (κ3) is 3.44. The summed E-state index contributed by atoms with van der Waals surface area (Å²) in [6.45, 7) is 19.0. The molecule has 12 heavy (non-hydrogen) atoms. The summed E-state index contributed by atoms with van der Waals surface area (Å²) in [5.74, 6) is 0. The van der Waals surface area contributed by atoms with Gasteiger partial charge in [0.05, 0.1) is 0 Å². The van der Waals surface area contributed by atoms with Crippen LogP contribution in [0.1, 0.15) is 55.4 Å². The average molecular weight is 188 g/mol. The highest BCUT2D eigenvalue weighted by atomic mass is 31.1. The molecule has 0 saturated heterocycles. The van der Waals surface area contributed by atoms with Crippen LogP contribution in [0.25, 0.3) is 0 Å². The predicted molar refractivity (Wildman–Crippen MR) is 61.6 cm³/mol. The van der Waals surface area contributed by atoms with Crippen molar-refractivity contribution in [2.75, 3.05) is 0 Å². The molecule has 0 aliphatic rings. The molecule has 0 saturated carbocycles. The second-order valence-corrected chi connectivity index (χ2v) is 10.3. The molecule has 1 heteroatoms. The summed E-state index contributed by atoms with van der Waals surface area (Å²) in [5, 5.41) is 0.976. The first kappa shape index (κ1) is 12.4. The monoisotopic (exact) mass is 188 g/mol. The van der Waals surface area contributed by atoms with E-state index in [1.807, 2.05) is 0 Å². The van der Waals surface area contributed by atoms with Crippen LogP contribution in [-0.4, -0.2) is 16.0 Å². The maximum atomic E-state index is 2.38. The van der Waals surface area contributed by atoms with Gasteiger partial charge in [0.1, 0.15) is 0 Å². The number of hydrogen-bond donors (Lipinski definition) is 0. The third-order valence-electron chi connectivity index (χ3n) is 1.96. The molecule has 0 nitrogen and oxygen atoms in total. The molecule has 0 fully saturated rings. The van der Waals surface area contributed by atoms with Crippen LogP contribution in [0, 0.1) is 0 Å². The molecule has 0 aromatic rings. The summed E-state index contributed by atoms with van der Waals surface area (Å²) in [6, 6.07) is 0. The topological polar surface area (TPSA) is 0 Å². The Bertz CT molecular complexity index is 120. The Hall–Kier alpha value is 0.430. The van der Waals surface area contributed by atoms with Gasteiger partial charge in [-0.15, -0.1) is 0 Å². The minimum atomic E-state index is 0.0983. The molecule has 0 spiro atoms. The van der Waals surface area contributed by atoms with Gasteiger partial charge >= 0.3 is 0 Å². The number of rotatable bonds is 1. The molecule has 0 aliphatic carbocycles. The highest BCUT2D eigenvalue weighted by Gasteiger charge is 2.35. The quantitative estimate of drug-likeness (QED) is 0.532. The van der Waals surface area contributed by atoms with E-state index in [-0.39, 0.29) is 7.92 Å². The van der Waals surface area contributed by atoms with Gasteiger partial charge in [-0.2, -0.15) is 0 Å². The van der Waals surface area contributed by atoms with Crippen LogP contribution in [-0.2, 0) is 0 Å². The largest absolute Gasteiger partial charge is 0.0930 e. The zero-order chi connectivity index (χ0) is 10.2. The molecular formula is C11H25P. The SMILES string of the molecule is CC(C)P(C(C)(C)C)C(C)(C)C. The summed E-state index contributed by atoms with van der Waals surface area (Å²) in [5.41, 5.74) is 0.833. The van der Waals surface area contributed by atoms with Crippen LogP contribution in [0.4, 0.5) is 0 Å². The number of hydrogen-bond acceptors (Lipinski definition) is 0. The lowest BCUT2D eigenvalue weighted by Gasteiger charge is -2.44. The van der Waals surface area contributed by atoms with Gasteiger partial charge < -0.3 is 0 Å². The van der Waals surface area contributed by atoms with Gasteiger partial charge in [0, 0.05) is 0 Å². The van der Waals surface area contributed by atoms with Crippen LogP contribution in [0.5, 0.6) is 0 Å². The van der Waals surface area contributed by atoms with E-state index in [0.29, 0.717) is 10.3 Å². The Balaban J connectivity index is 4.70. The Morgan fingerprint density at radius 2 is 1.00 bits per heavy atom. The highest BCUT2D eigenvalue weighted by molar-refractivity contribution is 7.61. The summed E-state index contributed by atoms with van der Waals surface area (Å²) in [4.78, 5) is 0. The molecule has 0 N–H and O–H groups in total. The lowest BCUT2D eigenvalue weighted by Crippen LogP contribution is -2.29. The van der Waals surface area contributed by atoms with Gasteiger partial charge in [0.25, 0.3) is 0 Å². The van der Waals surface area contributed by atoms with Crippen molar-refractivity contribution in [1.82, 2.24) is 0 Å². The summed E-state index contributed by atoms with van der Waals surface area (Å²) >= 11 is 0. The van der Waals surface area contributed by atoms with Gasteiger partial charge in [-0.05, 0) is 16.0 Å². The van der Waals surface area contributed by atoms with Crippen molar-refractivity contribution < 1.29 is 0 Å². The van der Waals surface area contributed by atoms with Crippen LogP contribution >= 0.6 is 7.92 Å². The third-order valence-corrected chi connectivity index (χ3v) is 5.89. The first-order chi connectivity index (χ1) is 5.07. The van der Waals surface area contributed by atoms with E-state index in [1.54, 1.807) is 0 Å². The molecule has 0 rings (SSSR count). The Kier molecular flexibility index (Phi) is 3.79. The summed E-state index contributed by atoms with van der Waals surface area (Å²) in [7, 11) is 0.0983. The van der Waals surface area contributed by atoms with E-state index >= 15 is 0 Å². The zero-order valence-electron chi connectivity index (χ0n) is 10.0. The van der Waals surface area contributed by atoms with Gasteiger partial charge in [-0.25, -0.2) is 0 Å². The first-order valence-electron chi connectivity index (χ1n) is 4.86. The van der Waals surface area contributed by atoms with Crippen LogP contribution in [0.15, 0.2) is 0 Å². The molecular weight excluding hydrogens is 163 g/mol. The standard InChI is InChI=1S/C11H25P/c1-9(2)12(10(3,4)5)11(6,7)8/h9H,1-8H3. The van der Waals surface area contributed by atoms with Gasteiger partial charge in [0.2, 0.25) is 0 Å². The molecule has 0 aromatic carbocycles. The lowest BCUT2D eigenvalue weighted by molar-refractivity contribution is 0.691. The zero-order valence-corrected chi connectivity index (χ0v) is 10.9. The first-order valence-corrected chi connectivity index (χ1v) is 6.27. The normalized spacial score (nSPS) is 14.5. The minimum absolute atomic E-state index is 0.0983. The van der Waals surface area contributed by atoms with Gasteiger partial charge in [-0.3, -0.25) is 0 Å². The molecule has 0 atom stereocenters. The molecule has 0 radical (unpaired) electrons. The van der Waals surface area contributed by atoms with Crippen molar-refractivity contribution in [2.24, 2.45) is 0 Å². The fourth-order valence-corrected chi connectivity index (χ4v) is 7.67. The molecule has 0 aliphatic heterocycles. The predicted octanol–water partition coefficient (Wildman–Crippen LogP) is 4.47. The van der Waals surface area contributed by atoms with Crippen molar-refractivity contribution in [1.29, 1.82) is 0 Å². The molecule has 74 valence electrons. The molecule has 0 bridgehead atoms. The fraction of sp³-hybridized carbons (Fsp3) is 1.00. The fourth-order valence-electron chi connectivity index (χ4n) is 2.56. The van der Waals surface area contributed by atoms with Crippen molar-refractivity contribution in [3.8, 4) is 0 Å². The lowest BCUT2D eigenvalue weighted by atomic mass is 10.2. The Morgan fingerprint density at radius 3 is 1.00 bits per heavy atom. The molecule has 0 heterocycles. The maximum Gasteiger partial charge on any atom is -0.0172 e. The highest BCUT2D eigenvalue weighted by Crippen LogP contribution is 2.62. The Labute approximate surface area is 79.9 Å². The van der Waals surface area contributed by atoms with E-state index in [0.717, 1.165) is 5.66 Å². The van der Waals surface area contributed by atoms with Crippen molar-refractivity contribution in [3.05, 3.63) is 0 Å². The van der Waals surface area contributed by atoms with Crippen molar-refractivity contribution >= 4 is 7.92 Å². The van der Waals surface area contributed by atoms with E-state index < -0.39 is 0 Å². The average Bonchev–Trinajstić information content (AvgIpc) is 1.49. The van der Waals surface area contributed by atoms with Crippen molar-refractivity contribution in [2.45, 2.75) is 71.4 Å². The van der Waals surface area contributed by atoms with Crippen LogP contribution in [0.3, 0.4) is 0 Å². The van der Waals surface area contributed by atoms with Crippen LogP contribution in [0.2, 0.25) is 0 Å². The van der Waals surface area contributed by atoms with E-state index in [1.165, 1.54) is 0 Å². The Morgan fingerprint density at radius 1 is 0.750 bits per heavy atom. The smallest absolute Gasteiger partial charge is 0.0172 e. The van der Waals surface area contributed by atoms with Crippen LogP contribution < -0.4 is 0 Å². The molecule has 0 amide bonds. The van der Waals surface area contributed by atoms with Gasteiger partial charge in [-0.1, -0.05) is 63.3 Å². The second-order valence-electron chi connectivity index (χ2n) is 5.81. The van der Waals surface area contributed by atoms with Gasteiger partial charge in [0.15, 0.2) is 0 Å².